The van der Waals surface area contributed by atoms with Crippen molar-refractivity contribution in [2.75, 3.05) is 19.5 Å². The van der Waals surface area contributed by atoms with Crippen LogP contribution in [0.4, 0.5) is 5.69 Å². The molecule has 0 aromatic heterocycles. The summed E-state index contributed by atoms with van der Waals surface area (Å²) >= 11 is 0. The second-order valence-corrected chi connectivity index (χ2v) is 5.46. The van der Waals surface area contributed by atoms with Crippen molar-refractivity contribution >= 4 is 5.69 Å². The van der Waals surface area contributed by atoms with Gasteiger partial charge in [0.15, 0.2) is 0 Å². The van der Waals surface area contributed by atoms with Crippen molar-refractivity contribution < 1.29 is 9.47 Å². The van der Waals surface area contributed by atoms with Crippen LogP contribution in [0.15, 0.2) is 48.5 Å². The van der Waals surface area contributed by atoms with Gasteiger partial charge in [-0.05, 0) is 60.7 Å². The monoisotopic (exact) mass is 283 g/mol. The third-order valence-electron chi connectivity index (χ3n) is 3.98. The highest BCUT2D eigenvalue weighted by Gasteiger charge is 2.32. The molecule has 0 amide bonds. The van der Waals surface area contributed by atoms with Crippen LogP contribution >= 0.6 is 0 Å². The topological polar surface area (TPSA) is 30.5 Å². The van der Waals surface area contributed by atoms with E-state index in [4.69, 9.17) is 9.47 Å². The first-order valence-corrected chi connectivity index (χ1v) is 7.34. The summed E-state index contributed by atoms with van der Waals surface area (Å²) < 4.78 is 10.4. The first-order chi connectivity index (χ1) is 10.3. The van der Waals surface area contributed by atoms with Gasteiger partial charge in [-0.25, -0.2) is 0 Å². The van der Waals surface area contributed by atoms with Crippen LogP contribution in [-0.2, 0) is 0 Å². The molecule has 1 atom stereocenters. The standard InChI is InChI=1S/C18H21NO2/c1-20-16-9-5-14(6-10-16)18(13-3-4-13)19-15-7-11-17(21-2)12-8-15/h5-13,18-19H,3-4H2,1-2H3. The van der Waals surface area contributed by atoms with Gasteiger partial charge in [0.25, 0.3) is 0 Å². The van der Waals surface area contributed by atoms with Crippen molar-refractivity contribution in [1.29, 1.82) is 0 Å². The zero-order valence-corrected chi connectivity index (χ0v) is 12.5. The zero-order chi connectivity index (χ0) is 14.7. The molecule has 0 spiro atoms. The van der Waals surface area contributed by atoms with Gasteiger partial charge in [0.05, 0.1) is 20.3 Å². The van der Waals surface area contributed by atoms with Gasteiger partial charge in [0.1, 0.15) is 11.5 Å². The number of nitrogens with one attached hydrogen (secondary N) is 1. The lowest BCUT2D eigenvalue weighted by atomic mass is 10.0. The second-order valence-electron chi connectivity index (χ2n) is 5.46. The van der Waals surface area contributed by atoms with Crippen LogP contribution in [0.3, 0.4) is 0 Å². The fourth-order valence-electron chi connectivity index (χ4n) is 2.58. The van der Waals surface area contributed by atoms with Crippen molar-refractivity contribution in [2.45, 2.75) is 18.9 Å². The van der Waals surface area contributed by atoms with Gasteiger partial charge in [0.2, 0.25) is 0 Å². The Kier molecular flexibility index (Phi) is 4.00. The maximum atomic E-state index is 5.23. The SMILES string of the molecule is COc1ccc(NC(c2ccc(OC)cc2)C2CC2)cc1. The molecule has 1 N–H and O–H groups in total. The molecule has 0 radical (unpaired) electrons. The fraction of sp³-hybridized carbons (Fsp3) is 0.333. The van der Waals surface area contributed by atoms with Gasteiger partial charge in [-0.1, -0.05) is 12.1 Å². The molecule has 1 aliphatic carbocycles. The predicted molar refractivity (Wildman–Crippen MR) is 85.1 cm³/mol. The summed E-state index contributed by atoms with van der Waals surface area (Å²) in [5.41, 5.74) is 2.44. The number of benzene rings is 2. The van der Waals surface area contributed by atoms with Crippen molar-refractivity contribution in [1.82, 2.24) is 0 Å². The van der Waals surface area contributed by atoms with E-state index >= 15 is 0 Å². The normalized spacial score (nSPS) is 15.3. The van der Waals surface area contributed by atoms with Gasteiger partial charge < -0.3 is 14.8 Å². The molecule has 0 heterocycles. The average Bonchev–Trinajstić information content (AvgIpc) is 3.38. The molecule has 3 heteroatoms. The minimum Gasteiger partial charge on any atom is -0.497 e. The Bertz CT molecular complexity index is 573. The lowest BCUT2D eigenvalue weighted by Gasteiger charge is -2.20. The summed E-state index contributed by atoms with van der Waals surface area (Å²) in [6.07, 6.45) is 2.58. The van der Waals surface area contributed by atoms with E-state index in [1.165, 1.54) is 18.4 Å². The van der Waals surface area contributed by atoms with Gasteiger partial charge in [0, 0.05) is 5.69 Å². The third-order valence-corrected chi connectivity index (χ3v) is 3.98. The van der Waals surface area contributed by atoms with Gasteiger partial charge in [-0.3, -0.25) is 0 Å². The number of anilines is 1. The Hall–Kier alpha value is -2.16. The number of methoxy groups -OCH3 is 2. The fourth-order valence-corrected chi connectivity index (χ4v) is 2.58. The molecular formula is C18H21NO2. The Morgan fingerprint density at radius 2 is 1.38 bits per heavy atom. The molecule has 110 valence electrons. The van der Waals surface area contributed by atoms with Crippen LogP contribution < -0.4 is 14.8 Å². The van der Waals surface area contributed by atoms with Crippen LogP contribution in [0.1, 0.15) is 24.4 Å². The Morgan fingerprint density at radius 1 is 0.857 bits per heavy atom. The highest BCUT2D eigenvalue weighted by Crippen LogP contribution is 2.43. The van der Waals surface area contributed by atoms with E-state index in [9.17, 15) is 0 Å². The summed E-state index contributed by atoms with van der Waals surface area (Å²) in [6, 6.07) is 16.8. The Labute approximate surface area is 125 Å². The van der Waals surface area contributed by atoms with Crippen molar-refractivity contribution in [2.24, 2.45) is 5.92 Å². The molecule has 1 unspecified atom stereocenters. The summed E-state index contributed by atoms with van der Waals surface area (Å²) in [5.74, 6) is 2.51. The van der Waals surface area contributed by atoms with Crippen molar-refractivity contribution in [3.8, 4) is 11.5 Å². The van der Waals surface area contributed by atoms with Crippen LogP contribution in [-0.4, -0.2) is 14.2 Å². The molecule has 2 aromatic carbocycles. The van der Waals surface area contributed by atoms with Gasteiger partial charge in [-0.15, -0.1) is 0 Å². The molecule has 0 saturated heterocycles. The maximum Gasteiger partial charge on any atom is 0.119 e. The highest BCUT2D eigenvalue weighted by atomic mass is 16.5. The summed E-state index contributed by atoms with van der Waals surface area (Å²) in [6.45, 7) is 0. The van der Waals surface area contributed by atoms with Crippen LogP contribution in [0, 0.1) is 5.92 Å². The number of rotatable bonds is 6. The summed E-state index contributed by atoms with van der Waals surface area (Å²) in [7, 11) is 3.38. The Morgan fingerprint density at radius 3 is 1.86 bits per heavy atom. The van der Waals surface area contributed by atoms with E-state index in [1.54, 1.807) is 14.2 Å². The third kappa shape index (κ3) is 3.30. The van der Waals surface area contributed by atoms with Crippen LogP contribution in [0.5, 0.6) is 11.5 Å². The van der Waals surface area contributed by atoms with Crippen molar-refractivity contribution in [3.63, 3.8) is 0 Å². The minimum atomic E-state index is 0.365. The smallest absolute Gasteiger partial charge is 0.119 e. The van der Waals surface area contributed by atoms with E-state index in [-0.39, 0.29) is 0 Å². The zero-order valence-electron chi connectivity index (χ0n) is 12.5. The highest BCUT2D eigenvalue weighted by molar-refractivity contribution is 5.49. The lowest BCUT2D eigenvalue weighted by molar-refractivity contribution is 0.414. The molecule has 0 aliphatic heterocycles. The van der Waals surface area contributed by atoms with E-state index in [0.29, 0.717) is 6.04 Å². The average molecular weight is 283 g/mol. The maximum absolute atomic E-state index is 5.23. The quantitative estimate of drug-likeness (QED) is 0.859. The Balaban J connectivity index is 1.77. The molecule has 1 fully saturated rings. The molecule has 3 rings (SSSR count). The molecular weight excluding hydrogens is 262 g/mol. The second kappa shape index (κ2) is 6.08. The van der Waals surface area contributed by atoms with Crippen molar-refractivity contribution in [3.05, 3.63) is 54.1 Å². The molecule has 1 saturated carbocycles. The predicted octanol–water partition coefficient (Wildman–Crippen LogP) is 4.27. The number of hydrogen-bond acceptors (Lipinski definition) is 3. The molecule has 0 bridgehead atoms. The van der Waals surface area contributed by atoms with E-state index in [0.717, 1.165) is 23.1 Å². The van der Waals surface area contributed by atoms with E-state index in [2.05, 4.69) is 29.6 Å². The van der Waals surface area contributed by atoms with E-state index in [1.807, 2.05) is 24.3 Å². The minimum absolute atomic E-state index is 0.365. The van der Waals surface area contributed by atoms with Crippen LogP contribution in [0.2, 0.25) is 0 Å². The first kappa shape index (κ1) is 13.8. The molecule has 1 aliphatic rings. The molecule has 2 aromatic rings. The van der Waals surface area contributed by atoms with Gasteiger partial charge >= 0.3 is 0 Å². The van der Waals surface area contributed by atoms with Crippen LogP contribution in [0.25, 0.3) is 0 Å². The molecule has 3 nitrogen and oxygen atoms in total. The first-order valence-electron chi connectivity index (χ1n) is 7.34. The summed E-state index contributed by atoms with van der Waals surface area (Å²) in [4.78, 5) is 0. The molecule has 21 heavy (non-hydrogen) atoms. The lowest BCUT2D eigenvalue weighted by Crippen LogP contribution is -2.12. The largest absolute Gasteiger partial charge is 0.497 e. The number of ether oxygens (including phenoxy) is 2. The number of hydrogen-bond donors (Lipinski definition) is 1. The van der Waals surface area contributed by atoms with Gasteiger partial charge in [-0.2, -0.15) is 0 Å². The van der Waals surface area contributed by atoms with E-state index < -0.39 is 0 Å². The summed E-state index contributed by atoms with van der Waals surface area (Å²) in [5, 5.41) is 3.65.